The Balaban J connectivity index is 0.00000220. The summed E-state index contributed by atoms with van der Waals surface area (Å²) in [6, 6.07) is 6.72. The molecule has 0 amide bonds. The molecule has 21 heavy (non-hydrogen) atoms. The third kappa shape index (κ3) is 4.41. The molecule has 0 aliphatic heterocycles. The van der Waals surface area contributed by atoms with Gasteiger partial charge in [0, 0.05) is 0 Å². The molecule has 7 heteroatoms. The molecule has 1 aromatic heterocycles. The van der Waals surface area contributed by atoms with Gasteiger partial charge in [-0.3, -0.25) is 0 Å². The highest BCUT2D eigenvalue weighted by Gasteiger charge is 2.31. The number of halogens is 4. The second kappa shape index (κ2) is 6.41. The number of alkyl halides is 3. The molecular weight excluding hydrogens is 307 g/mol. The van der Waals surface area contributed by atoms with Crippen LogP contribution >= 0.6 is 12.4 Å². The minimum absolute atomic E-state index is 0. The van der Waals surface area contributed by atoms with Crippen LogP contribution in [0.2, 0.25) is 0 Å². The van der Waals surface area contributed by atoms with E-state index < -0.39 is 12.4 Å². The van der Waals surface area contributed by atoms with Crippen molar-refractivity contribution in [3.8, 4) is 5.75 Å². The van der Waals surface area contributed by atoms with Crippen molar-refractivity contribution in [2.45, 2.75) is 26.3 Å². The first kappa shape index (κ1) is 17.4. The van der Waals surface area contributed by atoms with Crippen LogP contribution in [0.5, 0.6) is 5.75 Å². The highest BCUT2D eigenvalue weighted by Crippen LogP contribution is 2.27. The minimum Gasteiger partial charge on any atom is -0.464 e. The summed E-state index contributed by atoms with van der Waals surface area (Å²) in [5, 5.41) is 0. The third-order valence-electron chi connectivity index (χ3n) is 2.96. The number of hydrogen-bond acceptors (Lipinski definition) is 3. The lowest BCUT2D eigenvalue weighted by Crippen LogP contribution is -2.17. The van der Waals surface area contributed by atoms with E-state index in [2.05, 4.69) is 4.74 Å². The van der Waals surface area contributed by atoms with E-state index in [0.29, 0.717) is 11.3 Å². The van der Waals surface area contributed by atoms with Crippen LogP contribution in [0.3, 0.4) is 0 Å². The maximum absolute atomic E-state index is 12.1. The summed E-state index contributed by atoms with van der Waals surface area (Å²) >= 11 is 0. The van der Waals surface area contributed by atoms with E-state index in [4.69, 9.17) is 10.2 Å². The van der Waals surface area contributed by atoms with E-state index in [9.17, 15) is 13.2 Å². The molecule has 0 unspecified atom stereocenters. The second-order valence-electron chi connectivity index (χ2n) is 4.48. The Hall–Kier alpha value is -1.66. The zero-order chi connectivity index (χ0) is 14.9. The standard InChI is InChI=1S/C14H14F3NO2.ClH/c1-8-7-12(19-9(8)2)13(18)10-3-5-11(6-4-10)20-14(15,16)17;/h3-7,13H,18H2,1-2H3;1H/t13-;/m1./s1. The molecule has 0 radical (unpaired) electrons. The highest BCUT2D eigenvalue weighted by molar-refractivity contribution is 5.85. The molecule has 3 nitrogen and oxygen atoms in total. The monoisotopic (exact) mass is 321 g/mol. The van der Waals surface area contributed by atoms with Crippen LogP contribution in [0.25, 0.3) is 0 Å². The minimum atomic E-state index is -4.70. The molecule has 0 saturated carbocycles. The first-order valence-corrected chi connectivity index (χ1v) is 5.94. The van der Waals surface area contributed by atoms with Gasteiger partial charge in [-0.2, -0.15) is 0 Å². The van der Waals surface area contributed by atoms with Gasteiger partial charge in [0.25, 0.3) is 0 Å². The molecule has 0 saturated heterocycles. The Morgan fingerprint density at radius 3 is 2.14 bits per heavy atom. The Morgan fingerprint density at radius 2 is 1.71 bits per heavy atom. The van der Waals surface area contributed by atoms with Crippen LogP contribution in [0.1, 0.15) is 28.7 Å². The van der Waals surface area contributed by atoms with Crippen molar-refractivity contribution in [1.29, 1.82) is 0 Å². The molecule has 0 aliphatic rings. The smallest absolute Gasteiger partial charge is 0.464 e. The average Bonchev–Trinajstić information content (AvgIpc) is 2.68. The molecule has 1 aromatic carbocycles. The molecule has 1 atom stereocenters. The predicted molar refractivity (Wildman–Crippen MR) is 74.6 cm³/mol. The van der Waals surface area contributed by atoms with Crippen molar-refractivity contribution in [3.05, 3.63) is 53.0 Å². The fraction of sp³-hybridized carbons (Fsp3) is 0.286. The number of ether oxygens (including phenoxy) is 1. The maximum Gasteiger partial charge on any atom is 0.573 e. The molecule has 0 fully saturated rings. The molecule has 2 N–H and O–H groups in total. The topological polar surface area (TPSA) is 48.4 Å². The van der Waals surface area contributed by atoms with Gasteiger partial charge in [0.05, 0.1) is 6.04 Å². The van der Waals surface area contributed by atoms with Crippen molar-refractivity contribution in [2.24, 2.45) is 5.73 Å². The maximum atomic E-state index is 12.1. The number of hydrogen-bond donors (Lipinski definition) is 1. The Labute approximate surface area is 126 Å². The lowest BCUT2D eigenvalue weighted by Gasteiger charge is -2.12. The van der Waals surface area contributed by atoms with Crippen LogP contribution < -0.4 is 10.5 Å². The van der Waals surface area contributed by atoms with Crippen LogP contribution in [0, 0.1) is 13.8 Å². The van der Waals surface area contributed by atoms with Crippen molar-refractivity contribution in [3.63, 3.8) is 0 Å². The van der Waals surface area contributed by atoms with Crippen molar-refractivity contribution < 1.29 is 22.3 Å². The molecule has 2 aromatic rings. The second-order valence-corrected chi connectivity index (χ2v) is 4.48. The lowest BCUT2D eigenvalue weighted by molar-refractivity contribution is -0.274. The van der Waals surface area contributed by atoms with Crippen LogP contribution in [0.4, 0.5) is 13.2 Å². The van der Waals surface area contributed by atoms with E-state index in [1.54, 1.807) is 0 Å². The fourth-order valence-corrected chi connectivity index (χ4v) is 1.80. The van der Waals surface area contributed by atoms with Crippen molar-refractivity contribution >= 4 is 12.4 Å². The summed E-state index contributed by atoms with van der Waals surface area (Å²) in [5.74, 6) is 1.07. The predicted octanol–water partition coefficient (Wildman–Crippen LogP) is 4.26. The number of nitrogens with two attached hydrogens (primary N) is 1. The van der Waals surface area contributed by atoms with Gasteiger partial charge in [-0.05, 0) is 43.2 Å². The third-order valence-corrected chi connectivity index (χ3v) is 2.96. The highest BCUT2D eigenvalue weighted by atomic mass is 35.5. The van der Waals surface area contributed by atoms with E-state index >= 15 is 0 Å². The van der Waals surface area contributed by atoms with Gasteiger partial charge in [-0.25, -0.2) is 0 Å². The summed E-state index contributed by atoms with van der Waals surface area (Å²) in [5.41, 5.74) is 7.64. The van der Waals surface area contributed by atoms with Crippen LogP contribution in [-0.4, -0.2) is 6.36 Å². The van der Waals surface area contributed by atoms with E-state index in [1.807, 2.05) is 19.9 Å². The van der Waals surface area contributed by atoms with E-state index in [1.165, 1.54) is 24.3 Å². The molecule has 0 spiro atoms. The molecule has 116 valence electrons. The number of aryl methyl sites for hydroxylation is 2. The Bertz CT molecular complexity index is 574. The molecule has 2 rings (SSSR count). The van der Waals surface area contributed by atoms with Gasteiger partial charge in [0.15, 0.2) is 0 Å². The van der Waals surface area contributed by atoms with Gasteiger partial charge < -0.3 is 14.9 Å². The van der Waals surface area contributed by atoms with Crippen molar-refractivity contribution in [2.75, 3.05) is 0 Å². The first-order valence-electron chi connectivity index (χ1n) is 5.94. The Kier molecular flexibility index (Phi) is 5.31. The lowest BCUT2D eigenvalue weighted by atomic mass is 10.1. The number of benzene rings is 1. The summed E-state index contributed by atoms with van der Waals surface area (Å²) in [7, 11) is 0. The van der Waals surface area contributed by atoms with E-state index in [0.717, 1.165) is 11.3 Å². The summed E-state index contributed by atoms with van der Waals surface area (Å²) in [6.07, 6.45) is -4.70. The van der Waals surface area contributed by atoms with Gasteiger partial charge in [-0.1, -0.05) is 12.1 Å². The molecular formula is C14H15ClF3NO2. The zero-order valence-corrected chi connectivity index (χ0v) is 12.2. The normalized spacial score (nSPS) is 12.7. The Morgan fingerprint density at radius 1 is 1.14 bits per heavy atom. The van der Waals surface area contributed by atoms with Gasteiger partial charge in [-0.15, -0.1) is 25.6 Å². The summed E-state index contributed by atoms with van der Waals surface area (Å²) in [6.45, 7) is 3.72. The first-order chi connectivity index (χ1) is 9.26. The summed E-state index contributed by atoms with van der Waals surface area (Å²) < 4.78 is 45.5. The van der Waals surface area contributed by atoms with Gasteiger partial charge in [0.2, 0.25) is 0 Å². The quantitative estimate of drug-likeness (QED) is 0.918. The average molecular weight is 322 g/mol. The fourth-order valence-electron chi connectivity index (χ4n) is 1.80. The molecule has 0 bridgehead atoms. The van der Waals surface area contributed by atoms with E-state index in [-0.39, 0.29) is 18.2 Å². The number of furan rings is 1. The summed E-state index contributed by atoms with van der Waals surface area (Å²) in [4.78, 5) is 0. The van der Waals surface area contributed by atoms with Crippen molar-refractivity contribution in [1.82, 2.24) is 0 Å². The number of rotatable bonds is 3. The van der Waals surface area contributed by atoms with Gasteiger partial charge >= 0.3 is 6.36 Å². The molecule has 1 heterocycles. The van der Waals surface area contributed by atoms with Crippen LogP contribution in [-0.2, 0) is 0 Å². The molecule has 0 aliphatic carbocycles. The largest absolute Gasteiger partial charge is 0.573 e. The van der Waals surface area contributed by atoms with Gasteiger partial charge in [0.1, 0.15) is 17.3 Å². The SMILES string of the molecule is Cc1cc([C@H](N)c2ccc(OC(F)(F)F)cc2)oc1C.Cl. The van der Waals surface area contributed by atoms with Crippen LogP contribution in [0.15, 0.2) is 34.7 Å². The zero-order valence-electron chi connectivity index (χ0n) is 11.4.